The molecule has 0 atom stereocenters. The number of hydrogen-bond donors (Lipinski definition) is 0. The van der Waals surface area contributed by atoms with Crippen molar-refractivity contribution in [3.8, 4) is 22.8 Å². The summed E-state index contributed by atoms with van der Waals surface area (Å²) in [7, 11) is 0. The molecule has 8 nitrogen and oxygen atoms in total. The molecule has 1 aliphatic heterocycles. The summed E-state index contributed by atoms with van der Waals surface area (Å²) in [4.78, 5) is 24.4. The van der Waals surface area contributed by atoms with Crippen LogP contribution < -0.4 is 15.1 Å². The first-order chi connectivity index (χ1) is 14.2. The van der Waals surface area contributed by atoms with Crippen LogP contribution in [0.3, 0.4) is 0 Å². The summed E-state index contributed by atoms with van der Waals surface area (Å²) in [6.07, 6.45) is 0. The number of para-hydroxylation sites is 1. The van der Waals surface area contributed by atoms with E-state index in [-0.39, 0.29) is 19.0 Å². The summed E-state index contributed by atoms with van der Waals surface area (Å²) in [5.74, 6) is 0.975. The average Bonchev–Trinajstić information content (AvgIpc) is 3.40. The van der Waals surface area contributed by atoms with Gasteiger partial charge >= 0.3 is 11.6 Å². The number of carbonyl (C=O) groups excluding carboxylic acids is 1. The highest BCUT2D eigenvalue weighted by molar-refractivity contribution is 5.92. The Morgan fingerprint density at radius 2 is 1.90 bits per heavy atom. The van der Waals surface area contributed by atoms with Gasteiger partial charge in [-0.25, -0.2) is 9.59 Å². The standard InChI is InChI=1S/C21H13NO7/c23-20(15-7-12-3-1-2-4-16(12)28-21(15)24)25-10-14-9-18(29-22-14)13-5-6-17-19(8-13)27-11-26-17/h1-9H,10-11H2. The number of esters is 1. The van der Waals surface area contributed by atoms with Crippen LogP contribution in [0.4, 0.5) is 0 Å². The molecule has 5 rings (SSSR count). The van der Waals surface area contributed by atoms with Gasteiger partial charge in [0.1, 0.15) is 23.4 Å². The number of carbonyl (C=O) groups is 1. The predicted molar refractivity (Wildman–Crippen MR) is 99.7 cm³/mol. The molecule has 144 valence electrons. The van der Waals surface area contributed by atoms with Crippen LogP contribution in [-0.2, 0) is 11.3 Å². The van der Waals surface area contributed by atoms with Crippen molar-refractivity contribution in [1.82, 2.24) is 5.16 Å². The Hall–Kier alpha value is -4.07. The molecule has 0 saturated carbocycles. The van der Waals surface area contributed by atoms with Gasteiger partial charge in [0.05, 0.1) is 0 Å². The van der Waals surface area contributed by atoms with Crippen molar-refractivity contribution >= 4 is 16.9 Å². The number of hydrogen-bond acceptors (Lipinski definition) is 8. The van der Waals surface area contributed by atoms with Crippen molar-refractivity contribution < 1.29 is 27.9 Å². The highest BCUT2D eigenvalue weighted by Crippen LogP contribution is 2.36. The fourth-order valence-corrected chi connectivity index (χ4v) is 2.99. The SMILES string of the molecule is O=C(OCc1cc(-c2ccc3c(c2)OCO3)on1)c1cc2ccccc2oc1=O. The molecule has 4 aromatic rings. The maximum atomic E-state index is 12.3. The summed E-state index contributed by atoms with van der Waals surface area (Å²) in [5, 5.41) is 4.53. The van der Waals surface area contributed by atoms with E-state index in [0.717, 1.165) is 5.56 Å². The van der Waals surface area contributed by atoms with Crippen LogP contribution in [0.2, 0.25) is 0 Å². The molecule has 1 aliphatic rings. The summed E-state index contributed by atoms with van der Waals surface area (Å²) in [6.45, 7) is 0.0261. The van der Waals surface area contributed by atoms with Crippen molar-refractivity contribution in [3.05, 3.63) is 76.3 Å². The van der Waals surface area contributed by atoms with Gasteiger partial charge in [-0.05, 0) is 30.3 Å². The highest BCUT2D eigenvalue weighted by atomic mass is 16.7. The van der Waals surface area contributed by atoms with Crippen molar-refractivity contribution in [2.75, 3.05) is 6.79 Å². The molecule has 2 aromatic heterocycles. The van der Waals surface area contributed by atoms with E-state index in [1.54, 1.807) is 42.5 Å². The summed E-state index contributed by atoms with van der Waals surface area (Å²) in [6, 6.07) is 15.4. The van der Waals surface area contributed by atoms with E-state index < -0.39 is 11.6 Å². The number of nitrogens with zero attached hydrogens (tertiary/aromatic N) is 1. The Balaban J connectivity index is 1.31. The third-order valence-corrected chi connectivity index (χ3v) is 4.43. The first kappa shape index (κ1) is 17.1. The molecule has 8 heteroatoms. The fraction of sp³-hybridized carbons (Fsp3) is 0.0952. The summed E-state index contributed by atoms with van der Waals surface area (Å²) in [5.41, 5.74) is 0.614. The zero-order valence-electron chi connectivity index (χ0n) is 14.9. The molecule has 0 spiro atoms. The van der Waals surface area contributed by atoms with E-state index in [1.165, 1.54) is 6.07 Å². The molecular weight excluding hydrogens is 378 g/mol. The summed E-state index contributed by atoms with van der Waals surface area (Å²) < 4.78 is 26.3. The molecule has 0 bridgehead atoms. The molecule has 0 N–H and O–H groups in total. The zero-order valence-corrected chi connectivity index (χ0v) is 14.9. The Labute approximate surface area is 163 Å². The summed E-state index contributed by atoms with van der Waals surface area (Å²) >= 11 is 0. The second-order valence-electron chi connectivity index (χ2n) is 6.31. The molecule has 2 aromatic carbocycles. The van der Waals surface area contributed by atoms with Crippen LogP contribution in [0.25, 0.3) is 22.3 Å². The average molecular weight is 391 g/mol. The Morgan fingerprint density at radius 3 is 2.83 bits per heavy atom. The fourth-order valence-electron chi connectivity index (χ4n) is 2.99. The van der Waals surface area contributed by atoms with Crippen LogP contribution in [0, 0.1) is 0 Å². The van der Waals surface area contributed by atoms with Crippen LogP contribution >= 0.6 is 0 Å². The maximum absolute atomic E-state index is 12.3. The van der Waals surface area contributed by atoms with E-state index in [4.69, 9.17) is 23.2 Å². The molecule has 0 saturated heterocycles. The number of aromatic nitrogens is 1. The molecule has 0 aliphatic carbocycles. The van der Waals surface area contributed by atoms with Crippen LogP contribution in [0.1, 0.15) is 16.1 Å². The molecule has 3 heterocycles. The second-order valence-corrected chi connectivity index (χ2v) is 6.31. The van der Waals surface area contributed by atoms with Crippen LogP contribution in [0.15, 0.2) is 68.3 Å². The van der Waals surface area contributed by atoms with Gasteiger partial charge in [-0.2, -0.15) is 0 Å². The van der Waals surface area contributed by atoms with Gasteiger partial charge < -0.3 is 23.2 Å². The predicted octanol–water partition coefficient (Wildman–Crippen LogP) is 3.53. The molecule has 0 radical (unpaired) electrons. The minimum atomic E-state index is -0.794. The van der Waals surface area contributed by atoms with Gasteiger partial charge in [0, 0.05) is 17.0 Å². The first-order valence-electron chi connectivity index (χ1n) is 8.73. The maximum Gasteiger partial charge on any atom is 0.351 e. The molecule has 0 fully saturated rings. The largest absolute Gasteiger partial charge is 0.455 e. The molecule has 0 unspecified atom stereocenters. The first-order valence-corrected chi connectivity index (χ1v) is 8.73. The minimum Gasteiger partial charge on any atom is -0.455 e. The topological polar surface area (TPSA) is 101 Å². The van der Waals surface area contributed by atoms with Crippen molar-refractivity contribution in [2.45, 2.75) is 6.61 Å². The van der Waals surface area contributed by atoms with Crippen LogP contribution in [-0.4, -0.2) is 17.9 Å². The van der Waals surface area contributed by atoms with E-state index >= 15 is 0 Å². The van der Waals surface area contributed by atoms with Crippen molar-refractivity contribution in [2.24, 2.45) is 0 Å². The minimum absolute atomic E-state index is 0.154. The lowest BCUT2D eigenvalue weighted by Gasteiger charge is -2.02. The lowest BCUT2D eigenvalue weighted by molar-refractivity contribution is 0.0459. The van der Waals surface area contributed by atoms with Gasteiger partial charge in [0.25, 0.3) is 0 Å². The Bertz CT molecular complexity index is 1290. The van der Waals surface area contributed by atoms with Gasteiger partial charge in [0.2, 0.25) is 6.79 Å². The number of fused-ring (bicyclic) bond motifs is 2. The van der Waals surface area contributed by atoms with Crippen molar-refractivity contribution in [3.63, 3.8) is 0 Å². The van der Waals surface area contributed by atoms with E-state index in [9.17, 15) is 9.59 Å². The van der Waals surface area contributed by atoms with E-state index in [2.05, 4.69) is 5.16 Å². The van der Waals surface area contributed by atoms with Gasteiger partial charge in [-0.15, -0.1) is 0 Å². The Morgan fingerprint density at radius 1 is 1.03 bits per heavy atom. The zero-order chi connectivity index (χ0) is 19.8. The lowest BCUT2D eigenvalue weighted by Crippen LogP contribution is -2.16. The molecule has 0 amide bonds. The van der Waals surface area contributed by atoms with E-state index in [1.807, 2.05) is 6.07 Å². The number of rotatable bonds is 4. The number of ether oxygens (including phenoxy) is 3. The van der Waals surface area contributed by atoms with Gasteiger partial charge in [-0.1, -0.05) is 23.4 Å². The third-order valence-electron chi connectivity index (χ3n) is 4.43. The van der Waals surface area contributed by atoms with Crippen molar-refractivity contribution in [1.29, 1.82) is 0 Å². The monoisotopic (exact) mass is 391 g/mol. The third kappa shape index (κ3) is 3.20. The number of benzene rings is 2. The normalized spacial score (nSPS) is 12.3. The lowest BCUT2D eigenvalue weighted by atomic mass is 10.1. The quantitative estimate of drug-likeness (QED) is 0.385. The van der Waals surface area contributed by atoms with E-state index in [0.29, 0.717) is 33.9 Å². The molecule has 29 heavy (non-hydrogen) atoms. The van der Waals surface area contributed by atoms with Crippen LogP contribution in [0.5, 0.6) is 11.5 Å². The Kier molecular flexibility index (Phi) is 4.02. The molecular formula is C21H13NO7. The van der Waals surface area contributed by atoms with Gasteiger partial charge in [0.15, 0.2) is 17.3 Å². The second kappa shape index (κ2) is 6.83. The van der Waals surface area contributed by atoms with Gasteiger partial charge in [-0.3, -0.25) is 0 Å². The smallest absolute Gasteiger partial charge is 0.351 e. The highest BCUT2D eigenvalue weighted by Gasteiger charge is 2.18.